The molecule has 3 rings (SSSR count). The molecule has 2 nitrogen and oxygen atoms in total. The summed E-state index contributed by atoms with van der Waals surface area (Å²) in [5, 5.41) is 13.9. The molecule has 0 aliphatic carbocycles. The zero-order valence-corrected chi connectivity index (χ0v) is 23.4. The Labute approximate surface area is 196 Å². The first kappa shape index (κ1) is 29.0. The maximum Gasteiger partial charge on any atom is -0.0771 e. The van der Waals surface area contributed by atoms with Gasteiger partial charge in [0.2, 0.25) is 0 Å². The average Bonchev–Trinajstić information content (AvgIpc) is 3.00. The van der Waals surface area contributed by atoms with E-state index in [4.69, 9.17) is 29.5 Å². The molecule has 0 bridgehead atoms. The van der Waals surface area contributed by atoms with E-state index in [-0.39, 0.29) is 22.2 Å². The van der Waals surface area contributed by atoms with Crippen molar-refractivity contribution in [2.24, 2.45) is 0 Å². The van der Waals surface area contributed by atoms with Crippen LogP contribution in [-0.4, -0.2) is 33.9 Å². The number of benzene rings is 2. The van der Waals surface area contributed by atoms with Crippen molar-refractivity contribution in [3.63, 3.8) is 0 Å². The minimum Gasteiger partial charge on any atom is -0.126 e. The number of hydrogen-bond donors (Lipinski definition) is 1. The molecule has 0 heterocycles. The monoisotopic (exact) mass is 501 g/mol. The summed E-state index contributed by atoms with van der Waals surface area (Å²) in [6.45, 7) is 12.9. The van der Waals surface area contributed by atoms with E-state index >= 15 is 0 Å². The van der Waals surface area contributed by atoms with Gasteiger partial charge in [-0.25, -0.2) is 0 Å². The molecule has 3 aromatic carbocycles. The third-order valence-electron chi connectivity index (χ3n) is 3.86. The van der Waals surface area contributed by atoms with Crippen LogP contribution in [0.2, 0.25) is 25.7 Å². The number of nitrogens with one attached hydrogen (secondary N) is 1. The first-order valence-electron chi connectivity index (χ1n) is 9.53. The molecule has 0 atom stereocenters. The predicted molar refractivity (Wildman–Crippen MR) is 134 cm³/mol. The molecular weight excluding hydrogens is 469 g/mol. The Morgan fingerprint density at radius 1 is 0.931 bits per heavy atom. The third kappa shape index (κ3) is 13.8. The molecule has 0 unspecified atom stereocenters. The van der Waals surface area contributed by atoms with Crippen LogP contribution in [0.3, 0.4) is 0 Å². The zero-order chi connectivity index (χ0) is 22.4. The van der Waals surface area contributed by atoms with Crippen molar-refractivity contribution >= 4 is 56.8 Å². The molecule has 0 aliphatic rings. The Kier molecular flexibility index (Phi) is 15.7. The predicted octanol–water partition coefficient (Wildman–Crippen LogP) is 7.86. The van der Waals surface area contributed by atoms with Crippen molar-refractivity contribution in [2.45, 2.75) is 52.0 Å². The summed E-state index contributed by atoms with van der Waals surface area (Å²) in [5.74, 6) is 0. The SMILES string of the molecule is CC(C)(C)[NH-].C[Si](C)[Si](C)CCO.[Cl][Ti][Cl].c1ccc2c(c1)[cH-]c1ccccc12. The molecule has 0 spiro atoms. The maximum atomic E-state index is 8.53. The Morgan fingerprint density at radius 3 is 1.55 bits per heavy atom. The van der Waals surface area contributed by atoms with Gasteiger partial charge in [0.1, 0.15) is 0 Å². The fraction of sp³-hybridized carbons (Fsp3) is 0.409. The van der Waals surface area contributed by atoms with E-state index in [1.807, 2.05) is 20.8 Å². The van der Waals surface area contributed by atoms with Gasteiger partial charge in [0, 0.05) is 23.2 Å². The van der Waals surface area contributed by atoms with Gasteiger partial charge in [0.25, 0.3) is 0 Å². The van der Waals surface area contributed by atoms with E-state index < -0.39 is 17.0 Å². The van der Waals surface area contributed by atoms with Gasteiger partial charge in [-0.05, 0) is 6.04 Å². The molecule has 0 aliphatic heterocycles. The van der Waals surface area contributed by atoms with E-state index in [2.05, 4.69) is 74.2 Å². The Morgan fingerprint density at radius 2 is 1.28 bits per heavy atom. The maximum absolute atomic E-state index is 8.53. The second-order valence-corrected chi connectivity index (χ2v) is 20.1. The normalized spacial score (nSPS) is 10.6. The Hall–Kier alpha value is -0.0419. The molecule has 29 heavy (non-hydrogen) atoms. The standard InChI is InChI=1S/C13H9.C5H14OSi2.C4H10N.2ClH.Ti/c1-3-7-12-10(5-1)9-11-6-2-4-8-13(11)12;1-7(2)8(3)5-4-6;1-4(2,3)5;;;/h1-9H;6H,4-5H2,1-3H3;5H,1-3H3;2*1H;/q-1;;-1;;;+2/p-2. The van der Waals surface area contributed by atoms with Crippen LogP contribution < -0.4 is 0 Å². The van der Waals surface area contributed by atoms with Crippen LogP contribution in [0.25, 0.3) is 27.3 Å². The molecule has 0 aromatic heterocycles. The number of aliphatic hydroxyl groups is 1. The minimum absolute atomic E-state index is 0.0331. The summed E-state index contributed by atoms with van der Waals surface area (Å²) in [6.07, 6.45) is 0. The van der Waals surface area contributed by atoms with Gasteiger partial charge in [0.05, 0.1) is 0 Å². The summed E-state index contributed by atoms with van der Waals surface area (Å²) in [6, 6.07) is 20.4. The van der Waals surface area contributed by atoms with Crippen LogP contribution in [0, 0.1) is 0 Å². The van der Waals surface area contributed by atoms with Gasteiger partial charge in [-0.1, -0.05) is 76.8 Å². The number of aliphatic hydroxyl groups excluding tert-OH is 1. The van der Waals surface area contributed by atoms with Crippen molar-refractivity contribution < 1.29 is 22.1 Å². The van der Waals surface area contributed by atoms with Crippen LogP contribution in [0.15, 0.2) is 54.6 Å². The summed E-state index contributed by atoms with van der Waals surface area (Å²) < 4.78 is 0. The molecule has 0 amide bonds. The van der Waals surface area contributed by atoms with E-state index in [9.17, 15) is 0 Å². The van der Waals surface area contributed by atoms with Gasteiger partial charge >= 0.3 is 35.6 Å². The van der Waals surface area contributed by atoms with Gasteiger partial charge in [-0.2, -0.15) is 0 Å². The second kappa shape index (κ2) is 15.7. The summed E-state index contributed by atoms with van der Waals surface area (Å²) in [4.78, 5) is 0. The van der Waals surface area contributed by atoms with Gasteiger partial charge in [-0.15, -0.1) is 45.3 Å². The van der Waals surface area contributed by atoms with Gasteiger partial charge < -0.3 is 10.8 Å². The molecule has 7 heteroatoms. The molecule has 2 N–H and O–H groups in total. The summed E-state index contributed by atoms with van der Waals surface area (Å²) in [7, 11) is 9.64. The third-order valence-corrected chi connectivity index (χ3v) is 12.4. The topological polar surface area (TPSA) is 44.0 Å². The molecule has 3 aromatic rings. The van der Waals surface area contributed by atoms with E-state index in [1.165, 1.54) is 21.5 Å². The zero-order valence-electron chi connectivity index (χ0n) is 18.3. The van der Waals surface area contributed by atoms with Crippen molar-refractivity contribution in [1.29, 1.82) is 0 Å². The average molecular weight is 502 g/mol. The molecule has 0 saturated carbocycles. The quantitative estimate of drug-likeness (QED) is 0.288. The number of hydrogen-bond acceptors (Lipinski definition) is 1. The molecule has 0 fully saturated rings. The van der Waals surface area contributed by atoms with E-state index in [1.54, 1.807) is 0 Å². The molecular formula is C22H33Cl2NOSi2Ti-2. The van der Waals surface area contributed by atoms with E-state index in [0.717, 1.165) is 6.04 Å². The van der Waals surface area contributed by atoms with E-state index in [0.29, 0.717) is 6.61 Å². The van der Waals surface area contributed by atoms with Gasteiger partial charge in [-0.3, -0.25) is 0 Å². The number of halogens is 2. The molecule has 2 radical (unpaired) electrons. The number of fused-ring (bicyclic) bond motifs is 3. The fourth-order valence-electron chi connectivity index (χ4n) is 2.32. The summed E-state index contributed by atoms with van der Waals surface area (Å²) >= 11 is -0.556. The van der Waals surface area contributed by atoms with Crippen molar-refractivity contribution in [1.82, 2.24) is 0 Å². The first-order valence-corrected chi connectivity index (χ1v) is 19.5. The molecule has 160 valence electrons. The van der Waals surface area contributed by atoms with Crippen molar-refractivity contribution in [3.8, 4) is 0 Å². The van der Waals surface area contributed by atoms with Crippen molar-refractivity contribution in [3.05, 3.63) is 60.3 Å². The second-order valence-electron chi connectivity index (χ2n) is 7.89. The van der Waals surface area contributed by atoms with Crippen LogP contribution >= 0.6 is 18.6 Å². The fourth-order valence-corrected chi connectivity index (χ4v) is 4.99. The van der Waals surface area contributed by atoms with Crippen molar-refractivity contribution in [2.75, 3.05) is 6.61 Å². The van der Waals surface area contributed by atoms with Crippen LogP contribution in [0.5, 0.6) is 0 Å². The first-order chi connectivity index (χ1) is 13.5. The van der Waals surface area contributed by atoms with Crippen LogP contribution in [-0.2, 0) is 17.0 Å². The molecule has 0 saturated heterocycles. The van der Waals surface area contributed by atoms with Crippen LogP contribution in [0.4, 0.5) is 0 Å². The largest absolute Gasteiger partial charge is 0.126 e. The number of rotatable bonds is 3. The van der Waals surface area contributed by atoms with Crippen LogP contribution in [0.1, 0.15) is 20.8 Å². The Bertz CT molecular complexity index is 750. The smallest absolute Gasteiger partial charge is 0.0771 e. The Balaban J connectivity index is 0.000000424. The minimum atomic E-state index is -0.556. The summed E-state index contributed by atoms with van der Waals surface area (Å²) in [5.41, 5.74) is 6.69. The van der Waals surface area contributed by atoms with Gasteiger partial charge in [0.15, 0.2) is 0 Å².